The fourth-order valence-corrected chi connectivity index (χ4v) is 3.22. The standard InChI is InChI=1S/C12H18O3/c1-12(2)7-4-9(12)8(10(13)5-7)6-11(14)15-3/h7-9H,4-6H2,1-3H3/t7-,8-,9+/m1/s1. The van der Waals surface area contributed by atoms with E-state index in [2.05, 4.69) is 18.6 Å². The fraction of sp³-hybridized carbons (Fsp3) is 0.833. The van der Waals surface area contributed by atoms with E-state index in [1.807, 2.05) is 0 Å². The van der Waals surface area contributed by atoms with Gasteiger partial charge < -0.3 is 4.74 Å². The Morgan fingerprint density at radius 1 is 1.53 bits per heavy atom. The molecule has 0 aromatic rings. The Bertz CT molecular complexity index is 306. The minimum Gasteiger partial charge on any atom is -0.469 e. The van der Waals surface area contributed by atoms with Crippen LogP contribution in [0.5, 0.6) is 0 Å². The summed E-state index contributed by atoms with van der Waals surface area (Å²) in [6.07, 6.45) is 2.04. The minimum absolute atomic E-state index is 0.0857. The van der Waals surface area contributed by atoms with Gasteiger partial charge in [-0.15, -0.1) is 0 Å². The van der Waals surface area contributed by atoms with Crippen molar-refractivity contribution in [2.45, 2.75) is 33.1 Å². The lowest BCUT2D eigenvalue weighted by Gasteiger charge is -2.59. The van der Waals surface area contributed by atoms with Crippen LogP contribution in [0.3, 0.4) is 0 Å². The molecule has 0 aliphatic heterocycles. The summed E-state index contributed by atoms with van der Waals surface area (Å²) in [5, 5.41) is 0. The van der Waals surface area contributed by atoms with E-state index in [1.54, 1.807) is 0 Å². The number of Topliss-reactive ketones (excluding diaryl/α,β-unsaturated/α-hetero) is 1. The smallest absolute Gasteiger partial charge is 0.306 e. The molecule has 0 saturated heterocycles. The predicted molar refractivity (Wildman–Crippen MR) is 55.1 cm³/mol. The average Bonchev–Trinajstić information content (AvgIpc) is 2.19. The molecule has 0 amide bonds. The summed E-state index contributed by atoms with van der Waals surface area (Å²) in [6.45, 7) is 4.42. The molecule has 3 atom stereocenters. The normalized spacial score (nSPS) is 37.0. The van der Waals surface area contributed by atoms with E-state index in [1.165, 1.54) is 7.11 Å². The van der Waals surface area contributed by atoms with Gasteiger partial charge in [0.25, 0.3) is 0 Å². The second kappa shape index (κ2) is 3.32. The van der Waals surface area contributed by atoms with E-state index in [-0.39, 0.29) is 29.5 Å². The van der Waals surface area contributed by atoms with Crippen LogP contribution in [0, 0.1) is 23.2 Å². The van der Waals surface area contributed by atoms with Crippen LogP contribution in [0.15, 0.2) is 0 Å². The number of fused-ring (bicyclic) bond motifs is 2. The van der Waals surface area contributed by atoms with E-state index in [9.17, 15) is 9.59 Å². The molecular weight excluding hydrogens is 192 g/mol. The molecule has 3 heteroatoms. The molecule has 3 aliphatic carbocycles. The van der Waals surface area contributed by atoms with Crippen molar-refractivity contribution >= 4 is 11.8 Å². The Balaban J connectivity index is 2.09. The maximum absolute atomic E-state index is 11.8. The van der Waals surface area contributed by atoms with Crippen LogP contribution >= 0.6 is 0 Å². The average molecular weight is 210 g/mol. The Labute approximate surface area is 90.2 Å². The van der Waals surface area contributed by atoms with Gasteiger partial charge in [-0.1, -0.05) is 13.8 Å². The molecule has 0 heterocycles. The molecule has 0 aromatic carbocycles. The van der Waals surface area contributed by atoms with Crippen molar-refractivity contribution < 1.29 is 14.3 Å². The maximum Gasteiger partial charge on any atom is 0.306 e. The third kappa shape index (κ3) is 1.48. The van der Waals surface area contributed by atoms with Crippen LogP contribution in [0.4, 0.5) is 0 Å². The van der Waals surface area contributed by atoms with Gasteiger partial charge in [0.2, 0.25) is 0 Å². The minimum atomic E-state index is -0.255. The van der Waals surface area contributed by atoms with Crippen LogP contribution in [-0.2, 0) is 14.3 Å². The van der Waals surface area contributed by atoms with Crippen molar-refractivity contribution in [2.24, 2.45) is 23.2 Å². The first kappa shape index (κ1) is 10.7. The van der Waals surface area contributed by atoms with Crippen molar-refractivity contribution in [3.8, 4) is 0 Å². The summed E-state index contributed by atoms with van der Waals surface area (Å²) in [4.78, 5) is 23.0. The van der Waals surface area contributed by atoms with Crippen LogP contribution in [-0.4, -0.2) is 18.9 Å². The van der Waals surface area contributed by atoms with Crippen molar-refractivity contribution in [1.82, 2.24) is 0 Å². The molecule has 3 saturated carbocycles. The highest BCUT2D eigenvalue weighted by Crippen LogP contribution is 2.60. The van der Waals surface area contributed by atoms with E-state index in [0.717, 1.165) is 6.42 Å². The van der Waals surface area contributed by atoms with Crippen LogP contribution in [0.2, 0.25) is 0 Å². The van der Waals surface area contributed by atoms with Crippen molar-refractivity contribution in [3.05, 3.63) is 0 Å². The lowest BCUT2D eigenvalue weighted by molar-refractivity contribution is -0.162. The van der Waals surface area contributed by atoms with Gasteiger partial charge in [-0.05, 0) is 23.7 Å². The first-order chi connectivity index (χ1) is 6.96. The maximum atomic E-state index is 11.8. The molecule has 15 heavy (non-hydrogen) atoms. The van der Waals surface area contributed by atoms with E-state index < -0.39 is 0 Å². The van der Waals surface area contributed by atoms with Crippen LogP contribution in [0.25, 0.3) is 0 Å². The number of rotatable bonds is 2. The third-order valence-corrected chi connectivity index (χ3v) is 4.51. The summed E-state index contributed by atoms with van der Waals surface area (Å²) in [7, 11) is 1.38. The quantitative estimate of drug-likeness (QED) is 0.653. The molecule has 84 valence electrons. The van der Waals surface area contributed by atoms with Gasteiger partial charge in [0, 0.05) is 12.3 Å². The van der Waals surface area contributed by atoms with E-state index >= 15 is 0 Å². The molecule has 0 radical (unpaired) electrons. The number of methoxy groups -OCH3 is 1. The lowest BCUT2D eigenvalue weighted by atomic mass is 9.45. The second-order valence-electron chi connectivity index (χ2n) is 5.42. The molecule has 0 N–H and O–H groups in total. The summed E-state index contributed by atoms with van der Waals surface area (Å²) in [6, 6.07) is 0. The van der Waals surface area contributed by atoms with E-state index in [0.29, 0.717) is 18.3 Å². The Kier molecular flexibility index (Phi) is 2.36. The van der Waals surface area contributed by atoms with Gasteiger partial charge in [0.1, 0.15) is 5.78 Å². The summed E-state index contributed by atoms with van der Waals surface area (Å²) in [5.41, 5.74) is 0.243. The molecule has 0 aromatic heterocycles. The highest BCUT2D eigenvalue weighted by atomic mass is 16.5. The Morgan fingerprint density at radius 2 is 2.20 bits per heavy atom. The molecule has 0 unspecified atom stereocenters. The van der Waals surface area contributed by atoms with Gasteiger partial charge in [0.15, 0.2) is 0 Å². The first-order valence-electron chi connectivity index (χ1n) is 5.56. The number of ether oxygens (including phenoxy) is 1. The Hall–Kier alpha value is -0.860. The zero-order chi connectivity index (χ0) is 11.2. The van der Waals surface area contributed by atoms with Crippen molar-refractivity contribution in [2.75, 3.05) is 7.11 Å². The number of esters is 1. The topological polar surface area (TPSA) is 43.4 Å². The number of carbonyl (C=O) groups is 2. The molecule has 3 nitrogen and oxygen atoms in total. The fourth-order valence-electron chi connectivity index (χ4n) is 3.22. The second-order valence-corrected chi connectivity index (χ2v) is 5.42. The largest absolute Gasteiger partial charge is 0.469 e. The Morgan fingerprint density at radius 3 is 2.73 bits per heavy atom. The zero-order valence-corrected chi connectivity index (χ0v) is 9.58. The highest BCUT2D eigenvalue weighted by molar-refractivity contribution is 5.87. The van der Waals surface area contributed by atoms with Gasteiger partial charge in [0.05, 0.1) is 13.5 Å². The third-order valence-electron chi connectivity index (χ3n) is 4.51. The van der Waals surface area contributed by atoms with Gasteiger partial charge in [-0.3, -0.25) is 9.59 Å². The first-order valence-corrected chi connectivity index (χ1v) is 5.56. The SMILES string of the molecule is COC(=O)C[C@H]1C(=O)C[C@H]2C[C@@H]1C2(C)C. The molecule has 0 spiro atoms. The predicted octanol–water partition coefficient (Wildman–Crippen LogP) is 1.80. The van der Waals surface area contributed by atoms with Crippen LogP contribution in [0.1, 0.15) is 33.1 Å². The zero-order valence-electron chi connectivity index (χ0n) is 9.58. The summed E-state index contributed by atoms with van der Waals surface area (Å²) in [5.74, 6) is 0.861. The highest BCUT2D eigenvalue weighted by Gasteiger charge is 2.57. The summed E-state index contributed by atoms with van der Waals surface area (Å²) >= 11 is 0. The van der Waals surface area contributed by atoms with Crippen molar-refractivity contribution in [1.29, 1.82) is 0 Å². The number of carbonyl (C=O) groups excluding carboxylic acids is 2. The monoisotopic (exact) mass is 210 g/mol. The van der Waals surface area contributed by atoms with E-state index in [4.69, 9.17) is 0 Å². The molecule has 3 rings (SSSR count). The molecule has 3 aliphatic rings. The van der Waals surface area contributed by atoms with Gasteiger partial charge >= 0.3 is 5.97 Å². The number of ketones is 1. The van der Waals surface area contributed by atoms with Gasteiger partial charge in [-0.2, -0.15) is 0 Å². The lowest BCUT2D eigenvalue weighted by Crippen LogP contribution is -2.56. The number of hydrogen-bond donors (Lipinski definition) is 0. The van der Waals surface area contributed by atoms with Gasteiger partial charge in [-0.25, -0.2) is 0 Å². The summed E-state index contributed by atoms with van der Waals surface area (Å²) < 4.78 is 4.64. The van der Waals surface area contributed by atoms with Crippen LogP contribution < -0.4 is 0 Å². The molecular formula is C12H18O3. The number of hydrogen-bond acceptors (Lipinski definition) is 3. The van der Waals surface area contributed by atoms with Crippen molar-refractivity contribution in [3.63, 3.8) is 0 Å². The molecule has 3 fully saturated rings. The molecule has 2 bridgehead atoms.